The number of benzene rings is 2. The molecule has 1 amide bonds. The Morgan fingerprint density at radius 2 is 1.91 bits per heavy atom. The Hall–Kier alpha value is -1.88. The van der Waals surface area contributed by atoms with Crippen LogP contribution in [0.4, 0.5) is 0 Å². The van der Waals surface area contributed by atoms with Crippen LogP contribution < -0.4 is 10.6 Å². The summed E-state index contributed by atoms with van der Waals surface area (Å²) in [5, 5.41) is 17.0. The summed E-state index contributed by atoms with van der Waals surface area (Å²) in [7, 11) is 0. The molecule has 120 valence electrons. The van der Waals surface area contributed by atoms with Gasteiger partial charge in [0.2, 0.25) is 0 Å². The Bertz CT molecular complexity index is 688. The molecule has 4 nitrogen and oxygen atoms in total. The van der Waals surface area contributed by atoms with Crippen molar-refractivity contribution in [2.24, 2.45) is 0 Å². The summed E-state index contributed by atoms with van der Waals surface area (Å²) in [5.41, 5.74) is 3.05. The van der Waals surface area contributed by atoms with Gasteiger partial charge >= 0.3 is 0 Å². The largest absolute Gasteiger partial charge is 0.390 e. The van der Waals surface area contributed by atoms with Crippen LogP contribution in [0.25, 0.3) is 0 Å². The van der Waals surface area contributed by atoms with E-state index in [-0.39, 0.29) is 18.5 Å². The lowest BCUT2D eigenvalue weighted by Gasteiger charge is -2.30. The van der Waals surface area contributed by atoms with Gasteiger partial charge in [-0.2, -0.15) is 0 Å². The molecule has 3 rings (SSSR count). The first-order valence-corrected chi connectivity index (χ1v) is 8.03. The molecule has 2 atom stereocenters. The van der Waals surface area contributed by atoms with E-state index in [9.17, 15) is 9.90 Å². The molecule has 23 heavy (non-hydrogen) atoms. The van der Waals surface area contributed by atoms with E-state index in [0.717, 1.165) is 13.0 Å². The molecule has 0 saturated heterocycles. The number of amides is 1. The molecule has 0 aromatic heterocycles. The normalized spacial score (nSPS) is 18.1. The van der Waals surface area contributed by atoms with Crippen molar-refractivity contribution in [3.63, 3.8) is 0 Å². The van der Waals surface area contributed by atoms with E-state index in [1.165, 1.54) is 11.1 Å². The predicted molar refractivity (Wildman–Crippen MR) is 90.6 cm³/mol. The summed E-state index contributed by atoms with van der Waals surface area (Å²) in [6.45, 7) is 0.949. The first-order valence-electron chi connectivity index (χ1n) is 7.65. The van der Waals surface area contributed by atoms with Crippen LogP contribution in [0, 0.1) is 0 Å². The third-order valence-electron chi connectivity index (χ3n) is 4.16. The molecule has 0 fully saturated rings. The molecule has 0 radical (unpaired) electrons. The highest BCUT2D eigenvalue weighted by Crippen LogP contribution is 2.17. The number of aliphatic hydroxyl groups excluding tert-OH is 1. The Morgan fingerprint density at radius 3 is 2.65 bits per heavy atom. The van der Waals surface area contributed by atoms with Gasteiger partial charge < -0.3 is 15.7 Å². The molecule has 0 bridgehead atoms. The maximum absolute atomic E-state index is 12.1. The second kappa shape index (κ2) is 7.13. The minimum atomic E-state index is -0.639. The Balaban J connectivity index is 1.55. The van der Waals surface area contributed by atoms with E-state index in [2.05, 4.69) is 22.8 Å². The molecule has 2 aromatic carbocycles. The lowest BCUT2D eigenvalue weighted by Crippen LogP contribution is -2.49. The molecule has 3 N–H and O–H groups in total. The zero-order valence-electron chi connectivity index (χ0n) is 12.6. The van der Waals surface area contributed by atoms with Gasteiger partial charge in [-0.25, -0.2) is 0 Å². The van der Waals surface area contributed by atoms with E-state index in [1.807, 2.05) is 12.1 Å². The number of nitrogens with one attached hydrogen (secondary N) is 2. The summed E-state index contributed by atoms with van der Waals surface area (Å²) in [6.07, 6.45) is 0.119. The van der Waals surface area contributed by atoms with E-state index in [1.54, 1.807) is 24.3 Å². The van der Waals surface area contributed by atoms with Crippen molar-refractivity contribution < 1.29 is 9.90 Å². The van der Waals surface area contributed by atoms with Crippen LogP contribution in [0.15, 0.2) is 48.5 Å². The van der Waals surface area contributed by atoms with E-state index in [0.29, 0.717) is 10.6 Å². The molecule has 1 unspecified atom stereocenters. The number of hydrogen-bond donors (Lipinski definition) is 3. The van der Waals surface area contributed by atoms with Crippen molar-refractivity contribution in [2.75, 3.05) is 6.54 Å². The van der Waals surface area contributed by atoms with E-state index < -0.39 is 6.10 Å². The Kier molecular flexibility index (Phi) is 4.96. The quantitative estimate of drug-likeness (QED) is 0.805. The van der Waals surface area contributed by atoms with Crippen LogP contribution >= 0.6 is 11.6 Å². The van der Waals surface area contributed by atoms with Gasteiger partial charge in [-0.3, -0.25) is 4.79 Å². The highest BCUT2D eigenvalue weighted by atomic mass is 35.5. The maximum Gasteiger partial charge on any atom is 0.251 e. The third kappa shape index (κ3) is 3.91. The zero-order valence-corrected chi connectivity index (χ0v) is 13.4. The van der Waals surface area contributed by atoms with Gasteiger partial charge in [0.1, 0.15) is 0 Å². The fourth-order valence-corrected chi connectivity index (χ4v) is 2.92. The fraction of sp³-hybridized carbons (Fsp3) is 0.278. The predicted octanol–water partition coefficient (Wildman–Crippen LogP) is 2.15. The second-order valence-electron chi connectivity index (χ2n) is 5.74. The van der Waals surface area contributed by atoms with Crippen molar-refractivity contribution >= 4 is 17.5 Å². The van der Waals surface area contributed by atoms with Gasteiger partial charge in [0, 0.05) is 29.7 Å². The minimum absolute atomic E-state index is 0.0598. The second-order valence-corrected chi connectivity index (χ2v) is 6.18. The molecule has 5 heteroatoms. The van der Waals surface area contributed by atoms with Crippen LogP contribution in [0.3, 0.4) is 0 Å². The van der Waals surface area contributed by atoms with Crippen molar-refractivity contribution in [1.29, 1.82) is 0 Å². The van der Waals surface area contributed by atoms with Gasteiger partial charge in [-0.15, -0.1) is 0 Å². The molecule has 1 heterocycles. The number of hydrogen-bond acceptors (Lipinski definition) is 3. The number of aliphatic hydroxyl groups is 1. The monoisotopic (exact) mass is 330 g/mol. The lowest BCUT2D eigenvalue weighted by molar-refractivity contribution is 0.0870. The van der Waals surface area contributed by atoms with E-state index in [4.69, 9.17) is 11.6 Å². The van der Waals surface area contributed by atoms with Crippen LogP contribution in [0.1, 0.15) is 21.5 Å². The van der Waals surface area contributed by atoms with Gasteiger partial charge in [-0.05, 0) is 41.8 Å². The molecular formula is C18H19ClN2O2. The molecule has 1 aliphatic heterocycles. The lowest BCUT2D eigenvalue weighted by atomic mass is 9.93. The standard InChI is InChI=1S/C18H19ClN2O2/c19-15-7-5-12(6-8-15)18(23)21-11-17(22)16-9-13-3-1-2-4-14(13)10-20-16/h1-8,16-17,20,22H,9-11H2,(H,21,23)/t16-,17?/m0/s1. The highest BCUT2D eigenvalue weighted by Gasteiger charge is 2.24. The number of halogens is 1. The average Bonchev–Trinajstić information content (AvgIpc) is 2.59. The van der Waals surface area contributed by atoms with Crippen molar-refractivity contribution in [3.8, 4) is 0 Å². The van der Waals surface area contributed by atoms with Crippen LogP contribution in [0.5, 0.6) is 0 Å². The van der Waals surface area contributed by atoms with Crippen LogP contribution in [-0.4, -0.2) is 29.7 Å². The van der Waals surface area contributed by atoms with E-state index >= 15 is 0 Å². The van der Waals surface area contributed by atoms with Crippen LogP contribution in [0.2, 0.25) is 5.02 Å². The van der Waals surface area contributed by atoms with Gasteiger partial charge in [0.15, 0.2) is 0 Å². The number of carbonyl (C=O) groups excluding carboxylic acids is 1. The van der Waals surface area contributed by atoms with Crippen molar-refractivity contribution in [1.82, 2.24) is 10.6 Å². The van der Waals surface area contributed by atoms with Gasteiger partial charge in [0.25, 0.3) is 5.91 Å². The summed E-state index contributed by atoms with van der Waals surface area (Å²) >= 11 is 5.81. The molecule has 0 saturated carbocycles. The SMILES string of the molecule is O=C(NCC(O)[C@@H]1Cc2ccccc2CN1)c1ccc(Cl)cc1. The summed E-state index contributed by atoms with van der Waals surface area (Å²) in [5.74, 6) is -0.211. The first-order chi connectivity index (χ1) is 11.1. The van der Waals surface area contributed by atoms with Crippen molar-refractivity contribution in [3.05, 3.63) is 70.2 Å². The number of rotatable bonds is 4. The molecular weight excluding hydrogens is 312 g/mol. The first kappa shape index (κ1) is 16.0. The summed E-state index contributed by atoms with van der Waals surface area (Å²) < 4.78 is 0. The number of fused-ring (bicyclic) bond motifs is 1. The van der Waals surface area contributed by atoms with Crippen LogP contribution in [-0.2, 0) is 13.0 Å². The Morgan fingerprint density at radius 1 is 1.22 bits per heavy atom. The van der Waals surface area contributed by atoms with Crippen molar-refractivity contribution in [2.45, 2.75) is 25.1 Å². The maximum atomic E-state index is 12.1. The zero-order chi connectivity index (χ0) is 16.2. The molecule has 0 spiro atoms. The topological polar surface area (TPSA) is 61.4 Å². The van der Waals surface area contributed by atoms with Gasteiger partial charge in [-0.1, -0.05) is 35.9 Å². The summed E-state index contributed by atoms with van der Waals surface area (Å²) in [6, 6.07) is 14.8. The molecule has 2 aromatic rings. The summed E-state index contributed by atoms with van der Waals surface area (Å²) in [4.78, 5) is 12.1. The third-order valence-corrected chi connectivity index (χ3v) is 4.41. The molecule has 1 aliphatic rings. The Labute approximate surface area is 140 Å². The molecule has 0 aliphatic carbocycles. The number of carbonyl (C=O) groups is 1. The minimum Gasteiger partial charge on any atom is -0.390 e. The smallest absolute Gasteiger partial charge is 0.251 e. The van der Waals surface area contributed by atoms with Gasteiger partial charge in [0.05, 0.1) is 6.10 Å². The average molecular weight is 331 g/mol. The highest BCUT2D eigenvalue weighted by molar-refractivity contribution is 6.30. The fourth-order valence-electron chi connectivity index (χ4n) is 2.79.